The number of likely N-dealkylation sites (tertiary alicyclic amines) is 1. The lowest BCUT2D eigenvalue weighted by atomic mass is 9.71. The second-order valence-corrected chi connectivity index (χ2v) is 8.14. The van der Waals surface area contributed by atoms with Crippen molar-refractivity contribution in [3.05, 3.63) is 59.7 Å². The maximum Gasteiger partial charge on any atom is 0.410 e. The summed E-state index contributed by atoms with van der Waals surface area (Å²) in [6, 6.07) is 17.5. The van der Waals surface area contributed by atoms with Crippen LogP contribution in [-0.2, 0) is 10.2 Å². The molecule has 3 nitrogen and oxygen atoms in total. The van der Waals surface area contributed by atoms with Gasteiger partial charge in [-0.05, 0) is 55.9 Å². The summed E-state index contributed by atoms with van der Waals surface area (Å²) >= 11 is 0. The fourth-order valence-electron chi connectivity index (χ4n) is 4.35. The molecule has 4 rings (SSSR count). The zero-order valence-electron chi connectivity index (χ0n) is 15.2. The number of nitrogens with zero attached hydrogens (tertiary/aromatic N) is 1. The number of carbonyl (C=O) groups is 1. The Balaban J connectivity index is 1.64. The van der Waals surface area contributed by atoms with Crippen LogP contribution in [0.4, 0.5) is 4.79 Å². The molecule has 3 heteroatoms. The Labute approximate surface area is 149 Å². The van der Waals surface area contributed by atoms with Crippen molar-refractivity contribution in [1.82, 2.24) is 4.90 Å². The summed E-state index contributed by atoms with van der Waals surface area (Å²) in [5, 5.41) is 0. The lowest BCUT2D eigenvalue weighted by Crippen LogP contribution is -2.46. The second-order valence-electron chi connectivity index (χ2n) is 8.14. The first kappa shape index (κ1) is 16.2. The van der Waals surface area contributed by atoms with Gasteiger partial charge < -0.3 is 9.64 Å². The van der Waals surface area contributed by atoms with Gasteiger partial charge in [-0.1, -0.05) is 48.5 Å². The Kier molecular flexibility index (Phi) is 3.64. The lowest BCUT2D eigenvalue weighted by Gasteiger charge is -2.41. The van der Waals surface area contributed by atoms with Gasteiger partial charge >= 0.3 is 6.09 Å². The first-order chi connectivity index (χ1) is 11.9. The van der Waals surface area contributed by atoms with Crippen molar-refractivity contribution >= 4 is 6.09 Å². The van der Waals surface area contributed by atoms with Crippen LogP contribution < -0.4 is 0 Å². The zero-order chi connectivity index (χ0) is 17.7. The first-order valence-corrected chi connectivity index (χ1v) is 9.08. The van der Waals surface area contributed by atoms with E-state index in [2.05, 4.69) is 48.5 Å². The van der Waals surface area contributed by atoms with Crippen molar-refractivity contribution < 1.29 is 9.53 Å². The van der Waals surface area contributed by atoms with Crippen molar-refractivity contribution in [2.75, 3.05) is 13.1 Å². The Hall–Kier alpha value is -2.29. The number of fused-ring (bicyclic) bond motifs is 5. The number of carbonyl (C=O) groups excluding carboxylic acids is 1. The van der Waals surface area contributed by atoms with Crippen molar-refractivity contribution in [1.29, 1.82) is 0 Å². The largest absolute Gasteiger partial charge is 0.444 e. The van der Waals surface area contributed by atoms with Gasteiger partial charge in [-0.3, -0.25) is 0 Å². The molecule has 1 saturated heterocycles. The van der Waals surface area contributed by atoms with Gasteiger partial charge in [-0.2, -0.15) is 0 Å². The summed E-state index contributed by atoms with van der Waals surface area (Å²) in [6.45, 7) is 7.22. The minimum Gasteiger partial charge on any atom is -0.444 e. The first-order valence-electron chi connectivity index (χ1n) is 9.08. The second kappa shape index (κ2) is 5.62. The quantitative estimate of drug-likeness (QED) is 0.679. The van der Waals surface area contributed by atoms with Crippen molar-refractivity contribution in [3.63, 3.8) is 0 Å². The minimum atomic E-state index is -0.446. The van der Waals surface area contributed by atoms with E-state index in [0.717, 1.165) is 25.9 Å². The monoisotopic (exact) mass is 335 g/mol. The van der Waals surface area contributed by atoms with Gasteiger partial charge in [0, 0.05) is 18.5 Å². The Morgan fingerprint density at radius 1 is 0.920 bits per heavy atom. The summed E-state index contributed by atoms with van der Waals surface area (Å²) in [6.07, 6.45) is 1.70. The Morgan fingerprint density at radius 3 is 1.88 bits per heavy atom. The number of amides is 1. The van der Waals surface area contributed by atoms with Crippen molar-refractivity contribution in [3.8, 4) is 11.1 Å². The lowest BCUT2D eigenvalue weighted by molar-refractivity contribution is 0.0181. The van der Waals surface area contributed by atoms with E-state index in [-0.39, 0.29) is 11.5 Å². The molecule has 1 aliphatic heterocycles. The molecule has 2 aromatic rings. The maximum absolute atomic E-state index is 12.4. The number of hydrogen-bond donors (Lipinski definition) is 0. The smallest absolute Gasteiger partial charge is 0.410 e. The predicted octanol–water partition coefficient (Wildman–Crippen LogP) is 4.98. The van der Waals surface area contributed by atoms with E-state index in [1.165, 1.54) is 22.3 Å². The van der Waals surface area contributed by atoms with E-state index in [0.29, 0.717) is 0 Å². The molecule has 0 radical (unpaired) electrons. The molecule has 25 heavy (non-hydrogen) atoms. The van der Waals surface area contributed by atoms with Gasteiger partial charge in [-0.15, -0.1) is 0 Å². The molecule has 0 bridgehead atoms. The van der Waals surface area contributed by atoms with Crippen molar-refractivity contribution in [2.45, 2.75) is 44.6 Å². The third-order valence-electron chi connectivity index (χ3n) is 5.44. The van der Waals surface area contributed by atoms with E-state index in [1.54, 1.807) is 0 Å². The highest BCUT2D eigenvalue weighted by atomic mass is 16.6. The van der Waals surface area contributed by atoms with E-state index < -0.39 is 5.60 Å². The molecule has 1 heterocycles. The van der Waals surface area contributed by atoms with Gasteiger partial charge in [0.25, 0.3) is 0 Å². The van der Waals surface area contributed by atoms with Gasteiger partial charge in [-0.25, -0.2) is 4.79 Å². The number of benzene rings is 2. The van der Waals surface area contributed by atoms with E-state index in [1.807, 2.05) is 25.7 Å². The van der Waals surface area contributed by atoms with Gasteiger partial charge in [0.1, 0.15) is 5.60 Å². The standard InChI is InChI=1S/C22H25NO2/c1-21(2,3)25-20(24)23-14-12-22(13-15-23)18-10-6-4-8-16(18)17-9-5-7-11-19(17)22/h4-11H,12-15H2,1-3H3. The molecule has 0 atom stereocenters. The average molecular weight is 335 g/mol. The van der Waals surface area contributed by atoms with Crippen LogP contribution in [0.3, 0.4) is 0 Å². The molecule has 2 aromatic carbocycles. The maximum atomic E-state index is 12.4. The molecule has 1 fully saturated rings. The molecule has 130 valence electrons. The molecule has 0 aromatic heterocycles. The fraction of sp³-hybridized carbons (Fsp3) is 0.409. The molecule has 0 unspecified atom stereocenters. The highest BCUT2D eigenvalue weighted by Crippen LogP contribution is 2.53. The highest BCUT2D eigenvalue weighted by molar-refractivity contribution is 5.81. The third kappa shape index (κ3) is 2.62. The van der Waals surface area contributed by atoms with E-state index >= 15 is 0 Å². The minimum absolute atomic E-state index is 0.0334. The van der Waals surface area contributed by atoms with Gasteiger partial charge in [0.2, 0.25) is 0 Å². The van der Waals surface area contributed by atoms with Crippen LogP contribution in [-0.4, -0.2) is 29.7 Å². The van der Waals surface area contributed by atoms with E-state index in [4.69, 9.17) is 4.74 Å². The summed E-state index contributed by atoms with van der Waals surface area (Å²) in [4.78, 5) is 14.3. The number of rotatable bonds is 0. The van der Waals surface area contributed by atoms with Gasteiger partial charge in [0.05, 0.1) is 0 Å². The normalized spacial score (nSPS) is 18.0. The van der Waals surface area contributed by atoms with Crippen LogP contribution >= 0.6 is 0 Å². The van der Waals surface area contributed by atoms with Crippen LogP contribution in [0.25, 0.3) is 11.1 Å². The number of ether oxygens (including phenoxy) is 1. The summed E-state index contributed by atoms with van der Waals surface area (Å²) in [7, 11) is 0. The number of hydrogen-bond acceptors (Lipinski definition) is 2. The van der Waals surface area contributed by atoms with Crippen LogP contribution in [0.1, 0.15) is 44.7 Å². The molecular weight excluding hydrogens is 310 g/mol. The summed E-state index contributed by atoms with van der Waals surface area (Å²) in [5.74, 6) is 0. The van der Waals surface area contributed by atoms with Crippen LogP contribution in [0.5, 0.6) is 0 Å². The summed E-state index contributed by atoms with van der Waals surface area (Å²) in [5.41, 5.74) is 5.12. The zero-order valence-corrected chi connectivity index (χ0v) is 15.2. The predicted molar refractivity (Wildman–Crippen MR) is 99.7 cm³/mol. The average Bonchev–Trinajstić information content (AvgIpc) is 2.85. The molecule has 1 amide bonds. The molecule has 1 spiro atoms. The fourth-order valence-corrected chi connectivity index (χ4v) is 4.35. The summed E-state index contributed by atoms with van der Waals surface area (Å²) < 4.78 is 5.55. The van der Waals surface area contributed by atoms with Crippen LogP contribution in [0.2, 0.25) is 0 Å². The molecule has 0 N–H and O–H groups in total. The van der Waals surface area contributed by atoms with Crippen LogP contribution in [0, 0.1) is 0 Å². The van der Waals surface area contributed by atoms with Crippen LogP contribution in [0.15, 0.2) is 48.5 Å². The topological polar surface area (TPSA) is 29.5 Å². The van der Waals surface area contributed by atoms with E-state index in [9.17, 15) is 4.79 Å². The number of piperidine rings is 1. The Bertz CT molecular complexity index is 763. The Morgan fingerprint density at radius 2 is 1.40 bits per heavy atom. The molecule has 0 saturated carbocycles. The SMILES string of the molecule is CC(C)(C)OC(=O)N1CCC2(CC1)c1ccccc1-c1ccccc12. The van der Waals surface area contributed by atoms with Crippen molar-refractivity contribution in [2.24, 2.45) is 0 Å². The molecule has 2 aliphatic rings. The molecular formula is C22H25NO2. The third-order valence-corrected chi connectivity index (χ3v) is 5.44. The van der Waals surface area contributed by atoms with Gasteiger partial charge in [0.15, 0.2) is 0 Å². The highest BCUT2D eigenvalue weighted by Gasteiger charge is 2.45. The molecule has 1 aliphatic carbocycles.